The summed E-state index contributed by atoms with van der Waals surface area (Å²) < 4.78 is 6.47. The van der Waals surface area contributed by atoms with Gasteiger partial charge < -0.3 is 4.42 Å². The van der Waals surface area contributed by atoms with Crippen molar-refractivity contribution in [1.82, 2.24) is 4.98 Å². The molecule has 30 heavy (non-hydrogen) atoms. The summed E-state index contributed by atoms with van der Waals surface area (Å²) in [6, 6.07) is 27.7. The molecule has 144 valence electrons. The number of hydrogen-bond donors (Lipinski definition) is 0. The molecule has 0 fully saturated rings. The monoisotopic (exact) mass is 387 g/mol. The van der Waals surface area contributed by atoms with Crippen molar-refractivity contribution in [2.24, 2.45) is 0 Å². The fourth-order valence-electron chi connectivity index (χ4n) is 4.57. The minimum atomic E-state index is 0.465. The van der Waals surface area contributed by atoms with Crippen LogP contribution in [0.4, 0.5) is 0 Å². The maximum absolute atomic E-state index is 6.47. The molecule has 6 rings (SSSR count). The van der Waals surface area contributed by atoms with Crippen molar-refractivity contribution in [3.05, 3.63) is 90.6 Å². The summed E-state index contributed by atoms with van der Waals surface area (Å²) in [5.41, 5.74) is 5.19. The first-order valence-electron chi connectivity index (χ1n) is 10.4. The second kappa shape index (κ2) is 6.43. The standard InChI is InChI=1S/C28H21NO/c1-17(2)18-14-15-24(29-16-18)23-12-7-13-25-26(23)27-21-10-5-3-8-19(21)20-9-4-6-11-22(20)28(27)30-25/h3-17H,1-2H3. The molecule has 0 N–H and O–H groups in total. The van der Waals surface area contributed by atoms with Gasteiger partial charge in [0, 0.05) is 27.9 Å². The van der Waals surface area contributed by atoms with Gasteiger partial charge in [-0.3, -0.25) is 4.98 Å². The quantitative estimate of drug-likeness (QED) is 0.281. The third kappa shape index (κ3) is 2.40. The van der Waals surface area contributed by atoms with Crippen LogP contribution in [0.2, 0.25) is 0 Å². The van der Waals surface area contributed by atoms with Crippen LogP contribution in [0.3, 0.4) is 0 Å². The highest BCUT2D eigenvalue weighted by Gasteiger charge is 2.18. The van der Waals surface area contributed by atoms with E-state index in [1.54, 1.807) is 0 Å². The first-order valence-corrected chi connectivity index (χ1v) is 10.4. The van der Waals surface area contributed by atoms with Gasteiger partial charge in [0.1, 0.15) is 11.2 Å². The zero-order valence-corrected chi connectivity index (χ0v) is 17.0. The van der Waals surface area contributed by atoms with Gasteiger partial charge in [-0.15, -0.1) is 0 Å². The Balaban J connectivity index is 1.79. The minimum absolute atomic E-state index is 0.465. The number of rotatable bonds is 2. The van der Waals surface area contributed by atoms with E-state index < -0.39 is 0 Å². The topological polar surface area (TPSA) is 26.0 Å². The summed E-state index contributed by atoms with van der Waals surface area (Å²) >= 11 is 0. The molecule has 0 spiro atoms. The summed E-state index contributed by atoms with van der Waals surface area (Å²) in [6.45, 7) is 4.39. The van der Waals surface area contributed by atoms with Gasteiger partial charge >= 0.3 is 0 Å². The molecule has 0 saturated carbocycles. The molecule has 2 heteroatoms. The van der Waals surface area contributed by atoms with Gasteiger partial charge in [0.05, 0.1) is 5.69 Å². The Morgan fingerprint density at radius 1 is 0.667 bits per heavy atom. The number of benzene rings is 4. The molecule has 0 bridgehead atoms. The number of furan rings is 1. The zero-order valence-electron chi connectivity index (χ0n) is 17.0. The van der Waals surface area contributed by atoms with Crippen molar-refractivity contribution in [1.29, 1.82) is 0 Å². The molecule has 0 aliphatic heterocycles. The van der Waals surface area contributed by atoms with Gasteiger partial charge in [0.15, 0.2) is 0 Å². The van der Waals surface area contributed by atoms with E-state index in [4.69, 9.17) is 9.40 Å². The van der Waals surface area contributed by atoms with Crippen molar-refractivity contribution < 1.29 is 4.42 Å². The highest BCUT2D eigenvalue weighted by Crippen LogP contribution is 2.43. The van der Waals surface area contributed by atoms with Crippen molar-refractivity contribution >= 4 is 43.5 Å². The molecule has 0 amide bonds. The van der Waals surface area contributed by atoms with Crippen LogP contribution < -0.4 is 0 Å². The Hall–Kier alpha value is -3.65. The molecule has 0 aliphatic carbocycles. The minimum Gasteiger partial charge on any atom is -0.455 e. The van der Waals surface area contributed by atoms with E-state index in [1.807, 2.05) is 6.20 Å². The van der Waals surface area contributed by atoms with Gasteiger partial charge in [-0.1, -0.05) is 80.6 Å². The van der Waals surface area contributed by atoms with Crippen molar-refractivity contribution in [3.8, 4) is 11.3 Å². The predicted octanol–water partition coefficient (Wildman–Crippen LogP) is 8.08. The predicted molar refractivity (Wildman–Crippen MR) is 126 cm³/mol. The molecule has 0 aliphatic rings. The number of pyridine rings is 1. The van der Waals surface area contributed by atoms with Crippen LogP contribution in [-0.4, -0.2) is 4.98 Å². The summed E-state index contributed by atoms with van der Waals surface area (Å²) in [5, 5.41) is 7.15. The maximum Gasteiger partial charge on any atom is 0.143 e. The lowest BCUT2D eigenvalue weighted by atomic mass is 9.94. The number of nitrogens with zero attached hydrogens (tertiary/aromatic N) is 1. The van der Waals surface area contributed by atoms with E-state index >= 15 is 0 Å². The lowest BCUT2D eigenvalue weighted by Crippen LogP contribution is -1.90. The molecule has 4 aromatic carbocycles. The van der Waals surface area contributed by atoms with Crippen molar-refractivity contribution in [2.45, 2.75) is 19.8 Å². The SMILES string of the molecule is CC(C)c1ccc(-c2cccc3oc4c5ccccc5c5ccccc5c4c23)nc1. The van der Waals surface area contributed by atoms with Crippen LogP contribution in [-0.2, 0) is 0 Å². The highest BCUT2D eigenvalue weighted by atomic mass is 16.3. The van der Waals surface area contributed by atoms with E-state index in [0.29, 0.717) is 5.92 Å². The third-order valence-electron chi connectivity index (χ3n) is 6.10. The van der Waals surface area contributed by atoms with Crippen LogP contribution in [0.25, 0.3) is 54.7 Å². The van der Waals surface area contributed by atoms with E-state index in [1.165, 1.54) is 27.1 Å². The fourth-order valence-corrected chi connectivity index (χ4v) is 4.57. The van der Waals surface area contributed by atoms with Crippen LogP contribution in [0.15, 0.2) is 89.5 Å². The molecular weight excluding hydrogens is 366 g/mol. The van der Waals surface area contributed by atoms with E-state index in [2.05, 4.69) is 92.7 Å². The van der Waals surface area contributed by atoms with Crippen molar-refractivity contribution in [3.63, 3.8) is 0 Å². The van der Waals surface area contributed by atoms with Crippen molar-refractivity contribution in [2.75, 3.05) is 0 Å². The van der Waals surface area contributed by atoms with Gasteiger partial charge in [0.2, 0.25) is 0 Å². The fraction of sp³-hybridized carbons (Fsp3) is 0.107. The second-order valence-electron chi connectivity index (χ2n) is 8.21. The molecule has 6 aromatic rings. The molecule has 2 aromatic heterocycles. The van der Waals surface area contributed by atoms with E-state index in [9.17, 15) is 0 Å². The number of hydrogen-bond acceptors (Lipinski definition) is 2. The Kier molecular flexibility index (Phi) is 3.69. The molecule has 0 radical (unpaired) electrons. The lowest BCUT2D eigenvalue weighted by Gasteiger charge is -2.09. The van der Waals surface area contributed by atoms with E-state index in [-0.39, 0.29) is 0 Å². The summed E-state index contributed by atoms with van der Waals surface area (Å²) in [7, 11) is 0. The van der Waals surface area contributed by atoms with Crippen LogP contribution in [0.5, 0.6) is 0 Å². The van der Waals surface area contributed by atoms with Gasteiger partial charge in [-0.25, -0.2) is 0 Å². The Morgan fingerprint density at radius 3 is 2.07 bits per heavy atom. The van der Waals surface area contributed by atoms with Gasteiger partial charge in [-0.2, -0.15) is 0 Å². The molecule has 2 heterocycles. The Bertz CT molecular complexity index is 1560. The van der Waals surface area contributed by atoms with Gasteiger partial charge in [-0.05, 0) is 39.8 Å². The molecule has 0 atom stereocenters. The maximum atomic E-state index is 6.47. The molecule has 0 saturated heterocycles. The average Bonchev–Trinajstić information content (AvgIpc) is 3.19. The van der Waals surface area contributed by atoms with Crippen LogP contribution in [0.1, 0.15) is 25.3 Å². The normalized spacial score (nSPS) is 12.0. The average molecular weight is 387 g/mol. The van der Waals surface area contributed by atoms with Crippen LogP contribution in [0, 0.1) is 0 Å². The first kappa shape index (κ1) is 17.2. The Labute approximate surface area is 174 Å². The molecular formula is C28H21NO. The molecule has 2 nitrogen and oxygen atoms in total. The summed E-state index contributed by atoms with van der Waals surface area (Å²) in [5.74, 6) is 0.465. The smallest absolute Gasteiger partial charge is 0.143 e. The van der Waals surface area contributed by atoms with Gasteiger partial charge in [0.25, 0.3) is 0 Å². The highest BCUT2D eigenvalue weighted by molar-refractivity contribution is 6.31. The number of aromatic nitrogens is 1. The zero-order chi connectivity index (χ0) is 20.2. The number of fused-ring (bicyclic) bond motifs is 8. The summed E-state index contributed by atoms with van der Waals surface area (Å²) in [4.78, 5) is 4.81. The second-order valence-corrected chi connectivity index (χ2v) is 8.21. The van der Waals surface area contributed by atoms with Crippen LogP contribution >= 0.6 is 0 Å². The first-order chi connectivity index (χ1) is 14.7. The van der Waals surface area contributed by atoms with E-state index in [0.717, 1.165) is 33.2 Å². The largest absolute Gasteiger partial charge is 0.455 e. The third-order valence-corrected chi connectivity index (χ3v) is 6.10. The lowest BCUT2D eigenvalue weighted by molar-refractivity contribution is 0.673. The Morgan fingerprint density at radius 2 is 1.37 bits per heavy atom. The molecule has 0 unspecified atom stereocenters. The summed E-state index contributed by atoms with van der Waals surface area (Å²) in [6.07, 6.45) is 1.99.